The highest BCUT2D eigenvalue weighted by atomic mass is 16.4. The first-order chi connectivity index (χ1) is 8.45. The zero-order valence-corrected chi connectivity index (χ0v) is 10.9. The number of fused-ring (bicyclic) bond motifs is 1. The van der Waals surface area contributed by atoms with Crippen molar-refractivity contribution in [3.63, 3.8) is 0 Å². The Morgan fingerprint density at radius 2 is 2.17 bits per heavy atom. The molecule has 0 radical (unpaired) electrons. The van der Waals surface area contributed by atoms with Gasteiger partial charge >= 0.3 is 5.97 Å². The molecule has 1 aliphatic heterocycles. The number of aliphatic hydroxyl groups excluding tert-OH is 1. The fraction of sp³-hybridized carbons (Fsp3) is 0.692. The van der Waals surface area contributed by atoms with Gasteiger partial charge < -0.3 is 14.8 Å². The van der Waals surface area contributed by atoms with E-state index in [1.165, 1.54) is 0 Å². The van der Waals surface area contributed by atoms with Crippen LogP contribution in [0.5, 0.6) is 0 Å². The van der Waals surface area contributed by atoms with Crippen LogP contribution in [0.25, 0.3) is 0 Å². The summed E-state index contributed by atoms with van der Waals surface area (Å²) in [5, 5.41) is 18.4. The second-order valence-corrected chi connectivity index (χ2v) is 5.55. The molecule has 0 bridgehead atoms. The molecule has 0 amide bonds. The smallest absolute Gasteiger partial charge is 0.304 e. The second kappa shape index (κ2) is 4.72. The van der Waals surface area contributed by atoms with Crippen molar-refractivity contribution in [2.24, 2.45) is 0 Å². The molecule has 2 rings (SSSR count). The highest BCUT2D eigenvalue weighted by Crippen LogP contribution is 2.31. The van der Waals surface area contributed by atoms with Crippen LogP contribution in [-0.2, 0) is 29.8 Å². The van der Waals surface area contributed by atoms with E-state index < -0.39 is 11.4 Å². The molecule has 18 heavy (non-hydrogen) atoms. The number of aliphatic carboxylic acids is 1. The summed E-state index contributed by atoms with van der Waals surface area (Å²) >= 11 is 0. The van der Waals surface area contributed by atoms with E-state index in [9.17, 15) is 9.90 Å². The predicted octanol–water partition coefficient (Wildman–Crippen LogP) is 1.46. The summed E-state index contributed by atoms with van der Waals surface area (Å²) in [5.41, 5.74) is 1.28. The largest absolute Gasteiger partial charge is 0.481 e. The standard InChI is InChI=1S/C13H20N2O3/c1-13(2,7-11(17)18)12-14-9(8-16)10-5-3-4-6-15(10)12/h16H,3-8H2,1-2H3,(H,17,18). The van der Waals surface area contributed by atoms with Crippen molar-refractivity contribution in [1.82, 2.24) is 9.55 Å². The first-order valence-electron chi connectivity index (χ1n) is 6.37. The molecule has 0 fully saturated rings. The molecule has 1 aromatic heterocycles. The van der Waals surface area contributed by atoms with Crippen molar-refractivity contribution in [3.05, 3.63) is 17.2 Å². The lowest BCUT2D eigenvalue weighted by molar-refractivity contribution is -0.138. The van der Waals surface area contributed by atoms with Crippen molar-refractivity contribution in [3.8, 4) is 0 Å². The van der Waals surface area contributed by atoms with Crippen LogP contribution in [0.1, 0.15) is 50.3 Å². The normalized spacial score (nSPS) is 15.5. The third kappa shape index (κ3) is 2.27. The van der Waals surface area contributed by atoms with E-state index in [2.05, 4.69) is 9.55 Å². The summed E-state index contributed by atoms with van der Waals surface area (Å²) in [7, 11) is 0. The number of aliphatic hydroxyl groups is 1. The quantitative estimate of drug-likeness (QED) is 0.850. The number of nitrogens with zero attached hydrogens (tertiary/aromatic N) is 2. The molecule has 100 valence electrons. The van der Waals surface area contributed by atoms with Gasteiger partial charge in [-0.2, -0.15) is 0 Å². The fourth-order valence-corrected chi connectivity index (χ4v) is 2.72. The van der Waals surface area contributed by atoms with E-state index in [0.29, 0.717) is 5.69 Å². The molecule has 1 aromatic rings. The number of rotatable bonds is 4. The minimum absolute atomic E-state index is 0.0499. The molecule has 2 N–H and O–H groups in total. The maximum Gasteiger partial charge on any atom is 0.304 e. The zero-order chi connectivity index (χ0) is 13.3. The Balaban J connectivity index is 2.44. The minimum Gasteiger partial charge on any atom is -0.481 e. The minimum atomic E-state index is -0.821. The molecule has 0 aromatic carbocycles. The molecule has 0 saturated carbocycles. The van der Waals surface area contributed by atoms with Crippen molar-refractivity contribution >= 4 is 5.97 Å². The van der Waals surface area contributed by atoms with E-state index in [4.69, 9.17) is 5.11 Å². The van der Waals surface area contributed by atoms with E-state index in [1.54, 1.807) is 0 Å². The van der Waals surface area contributed by atoms with Gasteiger partial charge in [-0.25, -0.2) is 4.98 Å². The van der Waals surface area contributed by atoms with Gasteiger partial charge in [-0.1, -0.05) is 13.8 Å². The van der Waals surface area contributed by atoms with E-state index in [1.807, 2.05) is 13.8 Å². The Bertz CT molecular complexity index is 463. The molecule has 0 atom stereocenters. The van der Waals surface area contributed by atoms with Crippen LogP contribution in [-0.4, -0.2) is 25.7 Å². The number of carboxylic acid groups (broad SMARTS) is 1. The summed E-state index contributed by atoms with van der Waals surface area (Å²) in [5.74, 6) is -0.0256. The maximum absolute atomic E-state index is 10.9. The molecule has 0 saturated heterocycles. The van der Waals surface area contributed by atoms with Gasteiger partial charge in [-0.15, -0.1) is 0 Å². The fourth-order valence-electron chi connectivity index (χ4n) is 2.72. The summed E-state index contributed by atoms with van der Waals surface area (Å²) in [6.07, 6.45) is 3.17. The van der Waals surface area contributed by atoms with Crippen LogP contribution in [0.15, 0.2) is 0 Å². The van der Waals surface area contributed by atoms with Gasteiger partial charge in [-0.3, -0.25) is 4.79 Å². The number of imidazole rings is 1. The summed E-state index contributed by atoms with van der Waals surface area (Å²) in [6, 6.07) is 0. The van der Waals surface area contributed by atoms with Gasteiger partial charge in [0.1, 0.15) is 5.82 Å². The number of aromatic nitrogens is 2. The summed E-state index contributed by atoms with van der Waals surface area (Å²) < 4.78 is 2.11. The Hall–Kier alpha value is -1.36. The molecule has 1 aliphatic rings. The third-order valence-electron chi connectivity index (χ3n) is 3.55. The van der Waals surface area contributed by atoms with Crippen LogP contribution in [0.2, 0.25) is 0 Å². The maximum atomic E-state index is 10.9. The van der Waals surface area contributed by atoms with Crippen LogP contribution < -0.4 is 0 Å². The number of hydrogen-bond acceptors (Lipinski definition) is 3. The van der Waals surface area contributed by atoms with Gasteiger partial charge in [0.2, 0.25) is 0 Å². The third-order valence-corrected chi connectivity index (χ3v) is 3.55. The van der Waals surface area contributed by atoms with Crippen LogP contribution in [0.3, 0.4) is 0 Å². The van der Waals surface area contributed by atoms with Gasteiger partial charge in [0, 0.05) is 17.7 Å². The molecular formula is C13H20N2O3. The zero-order valence-electron chi connectivity index (χ0n) is 10.9. The van der Waals surface area contributed by atoms with Crippen LogP contribution in [0, 0.1) is 0 Å². The molecule has 0 spiro atoms. The van der Waals surface area contributed by atoms with Gasteiger partial charge in [-0.05, 0) is 19.3 Å². The van der Waals surface area contributed by atoms with Crippen molar-refractivity contribution in [2.75, 3.05) is 0 Å². The van der Waals surface area contributed by atoms with E-state index >= 15 is 0 Å². The summed E-state index contributed by atoms with van der Waals surface area (Å²) in [4.78, 5) is 15.4. The Morgan fingerprint density at radius 1 is 1.44 bits per heavy atom. The van der Waals surface area contributed by atoms with Gasteiger partial charge in [0.05, 0.1) is 18.7 Å². The number of carbonyl (C=O) groups is 1. The molecule has 5 heteroatoms. The van der Waals surface area contributed by atoms with E-state index in [0.717, 1.165) is 37.3 Å². The predicted molar refractivity (Wildman–Crippen MR) is 66.4 cm³/mol. The Labute approximate surface area is 106 Å². The van der Waals surface area contributed by atoms with E-state index in [-0.39, 0.29) is 13.0 Å². The number of carboxylic acids is 1. The molecule has 2 heterocycles. The molecule has 5 nitrogen and oxygen atoms in total. The van der Waals surface area contributed by atoms with Gasteiger partial charge in [0.15, 0.2) is 0 Å². The summed E-state index contributed by atoms with van der Waals surface area (Å²) in [6.45, 7) is 4.60. The van der Waals surface area contributed by atoms with Crippen molar-refractivity contribution in [1.29, 1.82) is 0 Å². The first-order valence-corrected chi connectivity index (χ1v) is 6.37. The van der Waals surface area contributed by atoms with Crippen molar-refractivity contribution in [2.45, 2.75) is 58.1 Å². The highest BCUT2D eigenvalue weighted by Gasteiger charge is 2.32. The lowest BCUT2D eigenvalue weighted by Crippen LogP contribution is -2.27. The molecule has 0 unspecified atom stereocenters. The highest BCUT2D eigenvalue weighted by molar-refractivity contribution is 5.68. The molecular weight excluding hydrogens is 232 g/mol. The lowest BCUT2D eigenvalue weighted by atomic mass is 9.88. The van der Waals surface area contributed by atoms with Crippen LogP contribution >= 0.6 is 0 Å². The monoisotopic (exact) mass is 252 g/mol. The second-order valence-electron chi connectivity index (χ2n) is 5.55. The Kier molecular flexibility index (Phi) is 3.43. The van der Waals surface area contributed by atoms with Crippen LogP contribution in [0.4, 0.5) is 0 Å². The average molecular weight is 252 g/mol. The SMILES string of the molecule is CC(C)(CC(=O)O)c1nc(CO)c2n1CCCC2. The average Bonchev–Trinajstić information content (AvgIpc) is 2.66. The topological polar surface area (TPSA) is 75.3 Å². The molecule has 0 aliphatic carbocycles. The first kappa shape index (κ1) is 13.1. The van der Waals surface area contributed by atoms with Gasteiger partial charge in [0.25, 0.3) is 0 Å². The van der Waals surface area contributed by atoms with Crippen molar-refractivity contribution < 1.29 is 15.0 Å². The Morgan fingerprint density at radius 3 is 2.78 bits per heavy atom. The number of hydrogen-bond donors (Lipinski definition) is 2. The lowest BCUT2D eigenvalue weighted by Gasteiger charge is -2.25.